The standard InChI is InChI=1S/C17H13FN2/c1-2-13-9-12(11-19)10-17-16(13)7-8-20(17)15-5-3-14(18)4-6-15/h3-10H,2H2,1H3. The third kappa shape index (κ3) is 1.96. The number of nitrogens with zero attached hydrogens (tertiary/aromatic N) is 2. The molecule has 3 heteroatoms. The average molecular weight is 264 g/mol. The van der Waals surface area contributed by atoms with Gasteiger partial charge in [0.1, 0.15) is 5.82 Å². The van der Waals surface area contributed by atoms with Gasteiger partial charge in [0.2, 0.25) is 0 Å². The minimum Gasteiger partial charge on any atom is -0.317 e. The van der Waals surface area contributed by atoms with Crippen LogP contribution in [-0.4, -0.2) is 4.57 Å². The molecule has 98 valence electrons. The molecule has 1 aromatic heterocycles. The van der Waals surface area contributed by atoms with Crippen molar-refractivity contribution < 1.29 is 4.39 Å². The first kappa shape index (κ1) is 12.4. The molecule has 3 aromatic rings. The summed E-state index contributed by atoms with van der Waals surface area (Å²) in [5.74, 6) is -0.253. The van der Waals surface area contributed by atoms with E-state index < -0.39 is 0 Å². The number of rotatable bonds is 2. The Balaban J connectivity index is 2.27. The second-order valence-corrected chi connectivity index (χ2v) is 4.70. The van der Waals surface area contributed by atoms with Gasteiger partial charge in [-0.3, -0.25) is 0 Å². The first-order valence-corrected chi connectivity index (χ1v) is 6.53. The summed E-state index contributed by atoms with van der Waals surface area (Å²) in [4.78, 5) is 0. The number of hydrogen-bond acceptors (Lipinski definition) is 1. The highest BCUT2D eigenvalue weighted by Crippen LogP contribution is 2.25. The number of hydrogen-bond donors (Lipinski definition) is 0. The van der Waals surface area contributed by atoms with Gasteiger partial charge in [0, 0.05) is 17.3 Å². The Morgan fingerprint density at radius 1 is 1.15 bits per heavy atom. The fourth-order valence-electron chi connectivity index (χ4n) is 2.50. The van der Waals surface area contributed by atoms with E-state index >= 15 is 0 Å². The van der Waals surface area contributed by atoms with Crippen molar-refractivity contribution in [3.05, 3.63) is 65.6 Å². The van der Waals surface area contributed by atoms with Crippen LogP contribution in [0.2, 0.25) is 0 Å². The summed E-state index contributed by atoms with van der Waals surface area (Å²) in [7, 11) is 0. The third-order valence-corrected chi connectivity index (χ3v) is 3.51. The lowest BCUT2D eigenvalue weighted by Gasteiger charge is -2.07. The van der Waals surface area contributed by atoms with E-state index in [1.165, 1.54) is 12.1 Å². The van der Waals surface area contributed by atoms with Crippen LogP contribution in [0.4, 0.5) is 4.39 Å². The van der Waals surface area contributed by atoms with Crippen LogP contribution in [0.15, 0.2) is 48.7 Å². The molecule has 0 atom stereocenters. The second-order valence-electron chi connectivity index (χ2n) is 4.70. The summed E-state index contributed by atoms with van der Waals surface area (Å²) >= 11 is 0. The van der Waals surface area contributed by atoms with E-state index in [1.807, 2.05) is 29.0 Å². The van der Waals surface area contributed by atoms with Crippen LogP contribution < -0.4 is 0 Å². The van der Waals surface area contributed by atoms with Gasteiger partial charge in [-0.05, 0) is 54.4 Å². The maximum absolute atomic E-state index is 13.0. The topological polar surface area (TPSA) is 28.7 Å². The van der Waals surface area contributed by atoms with Gasteiger partial charge in [-0.1, -0.05) is 6.92 Å². The smallest absolute Gasteiger partial charge is 0.123 e. The fourth-order valence-corrected chi connectivity index (χ4v) is 2.50. The Morgan fingerprint density at radius 2 is 1.90 bits per heavy atom. The van der Waals surface area contributed by atoms with Crippen molar-refractivity contribution in [1.82, 2.24) is 4.57 Å². The van der Waals surface area contributed by atoms with E-state index in [9.17, 15) is 4.39 Å². The van der Waals surface area contributed by atoms with Gasteiger partial charge in [0.15, 0.2) is 0 Å². The second kappa shape index (κ2) is 4.82. The van der Waals surface area contributed by atoms with Crippen molar-refractivity contribution in [3.8, 4) is 11.8 Å². The van der Waals surface area contributed by atoms with Crippen molar-refractivity contribution >= 4 is 10.9 Å². The van der Waals surface area contributed by atoms with Crippen LogP contribution in [0.1, 0.15) is 18.1 Å². The zero-order chi connectivity index (χ0) is 14.1. The van der Waals surface area contributed by atoms with E-state index in [1.54, 1.807) is 12.1 Å². The summed E-state index contributed by atoms with van der Waals surface area (Å²) in [6.45, 7) is 2.07. The highest BCUT2D eigenvalue weighted by atomic mass is 19.1. The number of fused-ring (bicyclic) bond motifs is 1. The zero-order valence-corrected chi connectivity index (χ0v) is 11.1. The molecule has 0 fully saturated rings. The summed E-state index contributed by atoms with van der Waals surface area (Å²) < 4.78 is 15.0. The molecule has 0 saturated carbocycles. The Kier molecular flexibility index (Phi) is 3.00. The number of nitriles is 1. The van der Waals surface area contributed by atoms with Crippen molar-refractivity contribution in [2.24, 2.45) is 0 Å². The van der Waals surface area contributed by atoms with Gasteiger partial charge >= 0.3 is 0 Å². The summed E-state index contributed by atoms with van der Waals surface area (Å²) in [5.41, 5.74) is 3.67. The molecule has 20 heavy (non-hydrogen) atoms. The van der Waals surface area contributed by atoms with Gasteiger partial charge in [-0.25, -0.2) is 4.39 Å². The number of aryl methyl sites for hydroxylation is 1. The van der Waals surface area contributed by atoms with E-state index in [0.29, 0.717) is 5.56 Å². The largest absolute Gasteiger partial charge is 0.317 e. The highest BCUT2D eigenvalue weighted by Gasteiger charge is 2.08. The van der Waals surface area contributed by atoms with Gasteiger partial charge in [0.05, 0.1) is 17.1 Å². The van der Waals surface area contributed by atoms with Crippen LogP contribution in [0.25, 0.3) is 16.6 Å². The van der Waals surface area contributed by atoms with Gasteiger partial charge < -0.3 is 4.57 Å². The maximum Gasteiger partial charge on any atom is 0.123 e. The van der Waals surface area contributed by atoms with Gasteiger partial charge in [-0.15, -0.1) is 0 Å². The normalized spacial score (nSPS) is 10.7. The van der Waals surface area contributed by atoms with Crippen molar-refractivity contribution in [2.75, 3.05) is 0 Å². The molecule has 0 saturated heterocycles. The third-order valence-electron chi connectivity index (χ3n) is 3.51. The first-order chi connectivity index (χ1) is 9.72. The van der Waals surface area contributed by atoms with Crippen LogP contribution in [0.3, 0.4) is 0 Å². The molecule has 0 aliphatic heterocycles. The SMILES string of the molecule is CCc1cc(C#N)cc2c1ccn2-c1ccc(F)cc1. The summed E-state index contributed by atoms with van der Waals surface area (Å²) in [6, 6.07) is 14.4. The van der Waals surface area contributed by atoms with Crippen molar-refractivity contribution in [2.45, 2.75) is 13.3 Å². The summed E-state index contributed by atoms with van der Waals surface area (Å²) in [5, 5.41) is 10.3. The number of halogens is 1. The molecule has 1 heterocycles. The molecule has 0 amide bonds. The van der Waals surface area contributed by atoms with Gasteiger partial charge in [-0.2, -0.15) is 5.26 Å². The van der Waals surface area contributed by atoms with Crippen LogP contribution >= 0.6 is 0 Å². The lowest BCUT2D eigenvalue weighted by atomic mass is 10.0. The molecule has 0 aliphatic carbocycles. The molecule has 3 rings (SSSR count). The first-order valence-electron chi connectivity index (χ1n) is 6.53. The van der Waals surface area contributed by atoms with Gasteiger partial charge in [0.25, 0.3) is 0 Å². The molecule has 0 radical (unpaired) electrons. The molecule has 0 bridgehead atoms. The average Bonchev–Trinajstić information content (AvgIpc) is 2.90. The quantitative estimate of drug-likeness (QED) is 0.681. The lowest BCUT2D eigenvalue weighted by molar-refractivity contribution is 0.627. The number of aromatic nitrogens is 1. The van der Waals surface area contributed by atoms with Crippen LogP contribution in [0.5, 0.6) is 0 Å². The van der Waals surface area contributed by atoms with E-state index in [0.717, 1.165) is 28.6 Å². The Morgan fingerprint density at radius 3 is 2.55 bits per heavy atom. The predicted octanol–water partition coefficient (Wildman–Crippen LogP) is 4.20. The van der Waals surface area contributed by atoms with Crippen molar-refractivity contribution in [1.29, 1.82) is 5.26 Å². The zero-order valence-electron chi connectivity index (χ0n) is 11.1. The van der Waals surface area contributed by atoms with Crippen LogP contribution in [-0.2, 0) is 6.42 Å². The maximum atomic E-state index is 13.0. The molecule has 2 nitrogen and oxygen atoms in total. The minimum absolute atomic E-state index is 0.253. The highest BCUT2D eigenvalue weighted by molar-refractivity contribution is 5.86. The van der Waals surface area contributed by atoms with Crippen LogP contribution in [0, 0.1) is 17.1 Å². The Labute approximate surface area is 116 Å². The molecule has 0 unspecified atom stereocenters. The molecule has 0 spiro atoms. The van der Waals surface area contributed by atoms with E-state index in [-0.39, 0.29) is 5.82 Å². The molecular weight excluding hydrogens is 251 g/mol. The Bertz CT molecular complexity index is 807. The molecular formula is C17H13FN2. The predicted molar refractivity (Wildman–Crippen MR) is 77.3 cm³/mol. The van der Waals surface area contributed by atoms with E-state index in [2.05, 4.69) is 13.0 Å². The Hall–Kier alpha value is -2.60. The lowest BCUT2D eigenvalue weighted by Crippen LogP contribution is -1.93. The monoisotopic (exact) mass is 264 g/mol. The molecule has 2 aromatic carbocycles. The van der Waals surface area contributed by atoms with E-state index in [4.69, 9.17) is 5.26 Å². The fraction of sp³-hybridized carbons (Fsp3) is 0.118. The molecule has 0 aliphatic rings. The summed E-state index contributed by atoms with van der Waals surface area (Å²) in [6.07, 6.45) is 2.83. The number of benzene rings is 2. The van der Waals surface area contributed by atoms with Crippen molar-refractivity contribution in [3.63, 3.8) is 0 Å². The molecule has 0 N–H and O–H groups in total. The minimum atomic E-state index is -0.253.